The van der Waals surface area contributed by atoms with Crippen molar-refractivity contribution in [3.05, 3.63) is 35.6 Å². The number of hydrogen-bond acceptors (Lipinski definition) is 2. The van der Waals surface area contributed by atoms with Gasteiger partial charge in [-0.3, -0.25) is 4.79 Å². The molecule has 1 heterocycles. The van der Waals surface area contributed by atoms with Crippen LogP contribution in [0.2, 0.25) is 0 Å². The van der Waals surface area contributed by atoms with Crippen LogP contribution in [0.25, 0.3) is 0 Å². The average Bonchev–Trinajstić information content (AvgIpc) is 2.29. The van der Waals surface area contributed by atoms with Crippen LogP contribution in [-0.2, 0) is 4.74 Å². The second-order valence-corrected chi connectivity index (χ2v) is 3.83. The Morgan fingerprint density at radius 3 is 3.06 bits per heavy atom. The summed E-state index contributed by atoms with van der Waals surface area (Å²) in [5.74, 6) is -0.567. The fourth-order valence-corrected chi connectivity index (χ4v) is 1.81. The molecule has 4 heteroatoms. The molecule has 1 aromatic rings. The maximum Gasteiger partial charge on any atom is 0.255 e. The van der Waals surface area contributed by atoms with E-state index in [1.165, 1.54) is 18.2 Å². The third-order valence-electron chi connectivity index (χ3n) is 2.67. The molecule has 1 unspecified atom stereocenters. The van der Waals surface area contributed by atoms with E-state index in [4.69, 9.17) is 4.74 Å². The van der Waals surface area contributed by atoms with Crippen molar-refractivity contribution in [2.24, 2.45) is 0 Å². The summed E-state index contributed by atoms with van der Waals surface area (Å²) in [4.78, 5) is 13.7. The van der Waals surface area contributed by atoms with Gasteiger partial charge in [0.1, 0.15) is 12.0 Å². The molecule has 1 saturated heterocycles. The van der Waals surface area contributed by atoms with E-state index in [0.717, 1.165) is 6.42 Å². The topological polar surface area (TPSA) is 29.5 Å². The molecular formula is C12H14FNO2. The van der Waals surface area contributed by atoms with E-state index in [9.17, 15) is 9.18 Å². The highest BCUT2D eigenvalue weighted by Gasteiger charge is 2.24. The Morgan fingerprint density at radius 1 is 1.56 bits per heavy atom. The summed E-state index contributed by atoms with van der Waals surface area (Å²) in [5, 5.41) is 0. The van der Waals surface area contributed by atoms with Crippen LogP contribution in [0.1, 0.15) is 23.7 Å². The monoisotopic (exact) mass is 223 g/mol. The van der Waals surface area contributed by atoms with Gasteiger partial charge in [0.05, 0.1) is 6.61 Å². The molecule has 0 bridgehead atoms. The molecule has 1 amide bonds. The molecule has 0 N–H and O–H groups in total. The van der Waals surface area contributed by atoms with Crippen molar-refractivity contribution in [3.8, 4) is 0 Å². The van der Waals surface area contributed by atoms with E-state index in [2.05, 4.69) is 0 Å². The van der Waals surface area contributed by atoms with Gasteiger partial charge in [-0.05, 0) is 31.5 Å². The molecule has 1 atom stereocenters. The Hall–Kier alpha value is -1.42. The molecule has 1 aromatic carbocycles. The molecule has 1 aliphatic rings. The molecule has 0 aromatic heterocycles. The van der Waals surface area contributed by atoms with Gasteiger partial charge in [-0.25, -0.2) is 4.39 Å². The predicted octanol–water partition coefficient (Wildman–Crippen LogP) is 2.03. The van der Waals surface area contributed by atoms with E-state index in [1.54, 1.807) is 11.0 Å². The van der Waals surface area contributed by atoms with Gasteiger partial charge in [0.15, 0.2) is 0 Å². The second-order valence-electron chi connectivity index (χ2n) is 3.83. The van der Waals surface area contributed by atoms with Crippen molar-refractivity contribution >= 4 is 5.91 Å². The van der Waals surface area contributed by atoms with Gasteiger partial charge in [-0.2, -0.15) is 0 Å². The molecule has 0 saturated carbocycles. The van der Waals surface area contributed by atoms with E-state index >= 15 is 0 Å². The number of rotatable bonds is 1. The van der Waals surface area contributed by atoms with Crippen LogP contribution in [0.15, 0.2) is 24.3 Å². The van der Waals surface area contributed by atoms with E-state index in [0.29, 0.717) is 18.7 Å². The minimum atomic E-state index is -0.392. The smallest absolute Gasteiger partial charge is 0.255 e. The minimum absolute atomic E-state index is 0.174. The van der Waals surface area contributed by atoms with Gasteiger partial charge in [0.25, 0.3) is 5.91 Å². The van der Waals surface area contributed by atoms with Gasteiger partial charge >= 0.3 is 0 Å². The molecule has 0 spiro atoms. The van der Waals surface area contributed by atoms with E-state index < -0.39 is 5.82 Å². The third-order valence-corrected chi connectivity index (χ3v) is 2.67. The van der Waals surface area contributed by atoms with Crippen LogP contribution >= 0.6 is 0 Å². The van der Waals surface area contributed by atoms with Gasteiger partial charge in [0.2, 0.25) is 0 Å². The summed E-state index contributed by atoms with van der Waals surface area (Å²) in [7, 11) is 0. The summed E-state index contributed by atoms with van der Waals surface area (Å²) in [6, 6.07) is 5.74. The van der Waals surface area contributed by atoms with Gasteiger partial charge in [-0.1, -0.05) is 6.07 Å². The quantitative estimate of drug-likeness (QED) is 0.729. The first-order valence-electron chi connectivity index (χ1n) is 5.36. The lowest BCUT2D eigenvalue weighted by Gasteiger charge is -2.33. The highest BCUT2D eigenvalue weighted by atomic mass is 19.1. The third kappa shape index (κ3) is 2.22. The summed E-state index contributed by atoms with van der Waals surface area (Å²) in [5.41, 5.74) is 0.373. The summed E-state index contributed by atoms with van der Waals surface area (Å²) < 4.78 is 18.4. The molecular weight excluding hydrogens is 209 g/mol. The zero-order valence-corrected chi connectivity index (χ0v) is 9.15. The number of halogens is 1. The van der Waals surface area contributed by atoms with Crippen LogP contribution in [0.4, 0.5) is 4.39 Å². The van der Waals surface area contributed by atoms with E-state index in [-0.39, 0.29) is 12.1 Å². The molecule has 1 aliphatic heterocycles. The number of hydrogen-bond donors (Lipinski definition) is 0. The van der Waals surface area contributed by atoms with Crippen LogP contribution in [0.3, 0.4) is 0 Å². The number of carbonyl (C=O) groups is 1. The SMILES string of the molecule is CC1OCCCN1C(=O)c1cccc(F)c1. The van der Waals surface area contributed by atoms with Gasteiger partial charge < -0.3 is 9.64 Å². The number of ether oxygens (including phenoxy) is 1. The maximum absolute atomic E-state index is 13.0. The Kier molecular flexibility index (Phi) is 3.19. The summed E-state index contributed by atoms with van der Waals surface area (Å²) >= 11 is 0. The molecule has 2 rings (SSSR count). The first-order valence-corrected chi connectivity index (χ1v) is 5.36. The minimum Gasteiger partial charge on any atom is -0.359 e. The van der Waals surface area contributed by atoms with Crippen LogP contribution < -0.4 is 0 Å². The first-order chi connectivity index (χ1) is 7.68. The second kappa shape index (κ2) is 4.61. The Bertz CT molecular complexity index is 394. The van der Waals surface area contributed by atoms with Crippen molar-refractivity contribution in [1.82, 2.24) is 4.90 Å². The Balaban J connectivity index is 2.17. The van der Waals surface area contributed by atoms with Crippen molar-refractivity contribution in [2.75, 3.05) is 13.2 Å². The molecule has 1 fully saturated rings. The predicted molar refractivity (Wildman–Crippen MR) is 57.5 cm³/mol. The zero-order valence-electron chi connectivity index (χ0n) is 9.15. The fraction of sp³-hybridized carbons (Fsp3) is 0.417. The van der Waals surface area contributed by atoms with Gasteiger partial charge in [-0.15, -0.1) is 0 Å². The lowest BCUT2D eigenvalue weighted by Crippen LogP contribution is -2.44. The Labute approximate surface area is 93.8 Å². The van der Waals surface area contributed by atoms with Gasteiger partial charge in [0, 0.05) is 12.1 Å². The largest absolute Gasteiger partial charge is 0.359 e. The molecule has 86 valence electrons. The van der Waals surface area contributed by atoms with Crippen molar-refractivity contribution in [2.45, 2.75) is 19.6 Å². The number of benzene rings is 1. The lowest BCUT2D eigenvalue weighted by atomic mass is 10.1. The standard InChI is InChI=1S/C12H14FNO2/c1-9-14(6-3-7-16-9)12(15)10-4-2-5-11(13)8-10/h2,4-5,8-9H,3,6-7H2,1H3. The molecule has 0 radical (unpaired) electrons. The van der Waals surface area contributed by atoms with Crippen LogP contribution in [0.5, 0.6) is 0 Å². The average molecular weight is 223 g/mol. The van der Waals surface area contributed by atoms with Crippen LogP contribution in [0, 0.1) is 5.82 Å². The molecule has 3 nitrogen and oxygen atoms in total. The fourth-order valence-electron chi connectivity index (χ4n) is 1.81. The number of carbonyl (C=O) groups excluding carboxylic acids is 1. The van der Waals surface area contributed by atoms with Crippen molar-refractivity contribution in [1.29, 1.82) is 0 Å². The molecule has 0 aliphatic carbocycles. The Morgan fingerprint density at radius 2 is 2.38 bits per heavy atom. The summed E-state index contributed by atoms with van der Waals surface area (Å²) in [6.45, 7) is 3.17. The van der Waals surface area contributed by atoms with Crippen molar-refractivity contribution < 1.29 is 13.9 Å². The molecule has 16 heavy (non-hydrogen) atoms. The summed E-state index contributed by atoms with van der Waals surface area (Å²) in [6.07, 6.45) is 0.593. The first kappa shape index (κ1) is 11.1. The van der Waals surface area contributed by atoms with Crippen molar-refractivity contribution in [3.63, 3.8) is 0 Å². The zero-order chi connectivity index (χ0) is 11.5. The van der Waals surface area contributed by atoms with E-state index in [1.807, 2.05) is 6.92 Å². The highest BCUT2D eigenvalue weighted by molar-refractivity contribution is 5.94. The normalized spacial score (nSPS) is 20.9. The number of amides is 1. The van der Waals surface area contributed by atoms with Crippen LogP contribution in [-0.4, -0.2) is 30.2 Å². The maximum atomic E-state index is 13.0. The highest BCUT2D eigenvalue weighted by Crippen LogP contribution is 2.14. The lowest BCUT2D eigenvalue weighted by molar-refractivity contribution is -0.0661. The number of nitrogens with zero attached hydrogens (tertiary/aromatic N) is 1.